The monoisotopic (exact) mass is 605 g/mol. The first-order valence-corrected chi connectivity index (χ1v) is 15.0. The van der Waals surface area contributed by atoms with Gasteiger partial charge in [0.05, 0.1) is 8.22 Å². The van der Waals surface area contributed by atoms with Gasteiger partial charge in [0.1, 0.15) is 17.0 Å². The van der Waals surface area contributed by atoms with Gasteiger partial charge in [-0.15, -0.1) is 11.3 Å². The standard InChI is InChI=1S/C39H22FN3OS/c40-26-19-16-24(17-20-26)38-41-37(23-8-2-1-3-9-23)42-39(43-38)25-18-21-31-33(22-25)44-32-14-7-11-28(35(31)32)30-13-6-12-29-27-10-4-5-15-34(27)45-36(29)30/h1-22H/i7D,11D,14D,18D,21D,22D. The van der Waals surface area contributed by atoms with Gasteiger partial charge in [0.15, 0.2) is 17.5 Å². The quantitative estimate of drug-likeness (QED) is 0.200. The molecule has 212 valence electrons. The first-order chi connectivity index (χ1) is 24.7. The number of benzene rings is 6. The van der Waals surface area contributed by atoms with Crippen molar-refractivity contribution in [2.75, 3.05) is 0 Å². The fourth-order valence-corrected chi connectivity index (χ4v) is 6.86. The van der Waals surface area contributed by atoms with Crippen molar-refractivity contribution in [1.29, 1.82) is 0 Å². The lowest BCUT2D eigenvalue weighted by Crippen LogP contribution is -2.00. The van der Waals surface area contributed by atoms with E-state index >= 15 is 0 Å². The lowest BCUT2D eigenvalue weighted by Gasteiger charge is -2.08. The van der Waals surface area contributed by atoms with Gasteiger partial charge in [-0.2, -0.15) is 0 Å². The van der Waals surface area contributed by atoms with Gasteiger partial charge in [0.25, 0.3) is 0 Å². The Morgan fingerprint density at radius 2 is 1.29 bits per heavy atom. The van der Waals surface area contributed by atoms with Gasteiger partial charge in [-0.25, -0.2) is 19.3 Å². The van der Waals surface area contributed by atoms with E-state index in [0.29, 0.717) is 22.3 Å². The molecule has 9 aromatic rings. The Bertz CT molecular complexity index is 2890. The maximum absolute atomic E-state index is 13.8. The molecular formula is C39H22FN3OS. The number of furan rings is 1. The summed E-state index contributed by atoms with van der Waals surface area (Å²) < 4.78 is 76.6. The van der Waals surface area contributed by atoms with Gasteiger partial charge < -0.3 is 4.42 Å². The molecule has 0 aliphatic rings. The van der Waals surface area contributed by atoms with Crippen molar-refractivity contribution in [1.82, 2.24) is 15.0 Å². The van der Waals surface area contributed by atoms with Crippen LogP contribution in [0.4, 0.5) is 4.39 Å². The van der Waals surface area contributed by atoms with Gasteiger partial charge >= 0.3 is 0 Å². The number of nitrogens with zero attached hydrogens (tertiary/aromatic N) is 3. The van der Waals surface area contributed by atoms with Gasteiger partial charge in [0.2, 0.25) is 0 Å². The van der Waals surface area contributed by atoms with Crippen molar-refractivity contribution >= 4 is 53.4 Å². The highest BCUT2D eigenvalue weighted by atomic mass is 32.1. The summed E-state index contributed by atoms with van der Waals surface area (Å²) in [5, 5.41) is 2.33. The molecule has 0 N–H and O–H groups in total. The Kier molecular flexibility index (Phi) is 4.59. The molecule has 6 aromatic carbocycles. The topological polar surface area (TPSA) is 51.8 Å². The summed E-state index contributed by atoms with van der Waals surface area (Å²) in [5.41, 5.74) is 1.83. The summed E-state index contributed by atoms with van der Waals surface area (Å²) in [6.45, 7) is 0. The van der Waals surface area contributed by atoms with E-state index in [1.807, 2.05) is 60.7 Å². The van der Waals surface area contributed by atoms with Crippen LogP contribution in [0.15, 0.2) is 138 Å². The van der Waals surface area contributed by atoms with Crippen LogP contribution in [0.5, 0.6) is 0 Å². The summed E-state index contributed by atoms with van der Waals surface area (Å²) in [6, 6.07) is 26.5. The third-order valence-corrected chi connectivity index (χ3v) is 8.96. The second-order valence-electron chi connectivity index (χ2n) is 10.5. The summed E-state index contributed by atoms with van der Waals surface area (Å²) in [7, 11) is 0. The third-order valence-electron chi connectivity index (χ3n) is 7.74. The Morgan fingerprint density at radius 3 is 2.11 bits per heavy atom. The summed E-state index contributed by atoms with van der Waals surface area (Å²) in [4.78, 5) is 13.9. The molecule has 0 atom stereocenters. The predicted molar refractivity (Wildman–Crippen MR) is 182 cm³/mol. The fraction of sp³-hybridized carbons (Fsp3) is 0. The van der Waals surface area contributed by atoms with Crippen LogP contribution in [0.25, 0.3) is 87.4 Å². The van der Waals surface area contributed by atoms with Crippen LogP contribution >= 0.6 is 11.3 Å². The molecule has 4 nitrogen and oxygen atoms in total. The summed E-state index contributed by atoms with van der Waals surface area (Å²) in [6.07, 6.45) is 0. The van der Waals surface area contributed by atoms with Crippen LogP contribution in [0.3, 0.4) is 0 Å². The molecule has 0 aliphatic carbocycles. The van der Waals surface area contributed by atoms with E-state index in [-0.39, 0.29) is 81.2 Å². The number of hydrogen-bond acceptors (Lipinski definition) is 5. The molecule has 45 heavy (non-hydrogen) atoms. The van der Waals surface area contributed by atoms with Crippen LogP contribution < -0.4 is 0 Å². The van der Waals surface area contributed by atoms with E-state index in [1.165, 1.54) is 24.3 Å². The van der Waals surface area contributed by atoms with Crippen molar-refractivity contribution in [3.63, 3.8) is 0 Å². The molecular weight excluding hydrogens is 578 g/mol. The lowest BCUT2D eigenvalue weighted by atomic mass is 9.97. The van der Waals surface area contributed by atoms with Crippen molar-refractivity contribution in [3.8, 4) is 45.3 Å². The maximum Gasteiger partial charge on any atom is 0.164 e. The molecule has 0 unspecified atom stereocenters. The van der Waals surface area contributed by atoms with Crippen molar-refractivity contribution in [2.24, 2.45) is 0 Å². The number of aromatic nitrogens is 3. The molecule has 3 aromatic heterocycles. The molecule has 9 rings (SSSR count). The number of fused-ring (bicyclic) bond motifs is 6. The van der Waals surface area contributed by atoms with E-state index < -0.39 is 5.82 Å². The second kappa shape index (κ2) is 10.2. The van der Waals surface area contributed by atoms with Crippen LogP contribution in [0.2, 0.25) is 0 Å². The van der Waals surface area contributed by atoms with E-state index in [4.69, 9.17) is 8.53 Å². The number of halogens is 1. The molecule has 6 heteroatoms. The largest absolute Gasteiger partial charge is 0.456 e. The smallest absolute Gasteiger partial charge is 0.164 e. The molecule has 0 radical (unpaired) electrons. The molecule has 0 aliphatic heterocycles. The Morgan fingerprint density at radius 1 is 0.578 bits per heavy atom. The SMILES string of the molecule is [2H]c1c([2H])c(-c2cccc3c2sc2ccccc23)c2c(oc3c([2H])c(-c4nc(-c5ccccc5)nc(-c5ccc(F)cc5)n4)c([2H])c([2H])c32)c1[2H]. The van der Waals surface area contributed by atoms with Crippen LogP contribution in [-0.2, 0) is 0 Å². The number of rotatable bonds is 4. The van der Waals surface area contributed by atoms with Crippen molar-refractivity contribution in [3.05, 3.63) is 139 Å². The highest BCUT2D eigenvalue weighted by Gasteiger charge is 2.18. The van der Waals surface area contributed by atoms with E-state index in [2.05, 4.69) is 15.0 Å². The fourth-order valence-electron chi connectivity index (χ4n) is 5.64. The summed E-state index contributed by atoms with van der Waals surface area (Å²) in [5.74, 6) is -0.0629. The Hall–Kier alpha value is -5.72. The molecule has 0 fully saturated rings. The highest BCUT2D eigenvalue weighted by Crippen LogP contribution is 2.44. The molecule has 0 amide bonds. The maximum atomic E-state index is 13.8. The molecule has 0 saturated carbocycles. The van der Waals surface area contributed by atoms with E-state index in [0.717, 1.165) is 20.2 Å². The summed E-state index contributed by atoms with van der Waals surface area (Å²) >= 11 is 1.54. The second-order valence-corrected chi connectivity index (χ2v) is 11.5. The Balaban J connectivity index is 1.36. The first-order valence-electron chi connectivity index (χ1n) is 17.2. The van der Waals surface area contributed by atoms with E-state index in [9.17, 15) is 8.50 Å². The van der Waals surface area contributed by atoms with Gasteiger partial charge in [0, 0.05) is 53.2 Å². The predicted octanol–water partition coefficient (Wildman–Crippen LogP) is 10.9. The number of thiophene rings is 1. The normalized spacial score (nSPS) is 13.5. The minimum atomic E-state index is -0.434. The van der Waals surface area contributed by atoms with Gasteiger partial charge in [-0.3, -0.25) is 0 Å². The molecule has 0 bridgehead atoms. The first kappa shape index (κ1) is 20.3. The average molecular weight is 606 g/mol. The minimum Gasteiger partial charge on any atom is -0.456 e. The average Bonchev–Trinajstić information content (AvgIpc) is 3.74. The molecule has 3 heterocycles. The zero-order chi connectivity index (χ0) is 35.1. The third kappa shape index (κ3) is 4.30. The molecule has 0 spiro atoms. The van der Waals surface area contributed by atoms with Crippen LogP contribution in [0, 0.1) is 5.82 Å². The lowest BCUT2D eigenvalue weighted by molar-refractivity contribution is 0.628. The van der Waals surface area contributed by atoms with Gasteiger partial charge in [-0.05, 0) is 54.0 Å². The zero-order valence-corrected chi connectivity index (χ0v) is 24.1. The van der Waals surface area contributed by atoms with Crippen molar-refractivity contribution < 1.29 is 17.0 Å². The van der Waals surface area contributed by atoms with Crippen molar-refractivity contribution in [2.45, 2.75) is 0 Å². The minimum absolute atomic E-state index is 0.0507. The zero-order valence-electron chi connectivity index (χ0n) is 29.3. The van der Waals surface area contributed by atoms with Crippen LogP contribution in [0.1, 0.15) is 8.22 Å². The Labute approximate surface area is 269 Å². The van der Waals surface area contributed by atoms with Crippen LogP contribution in [-0.4, -0.2) is 15.0 Å². The highest BCUT2D eigenvalue weighted by molar-refractivity contribution is 7.26. The molecule has 0 saturated heterocycles. The number of hydrogen-bond donors (Lipinski definition) is 0. The van der Waals surface area contributed by atoms with E-state index in [1.54, 1.807) is 23.5 Å². The van der Waals surface area contributed by atoms with Gasteiger partial charge in [-0.1, -0.05) is 84.9 Å².